The van der Waals surface area contributed by atoms with Crippen LogP contribution in [0.1, 0.15) is 24.5 Å². The van der Waals surface area contributed by atoms with Crippen molar-refractivity contribution in [1.29, 1.82) is 5.26 Å². The predicted octanol–water partition coefficient (Wildman–Crippen LogP) is 2.84. The summed E-state index contributed by atoms with van der Waals surface area (Å²) in [5.41, 5.74) is 3.58. The highest BCUT2D eigenvalue weighted by Gasteiger charge is 2.31. The SMILES string of the molecule is COCCC1(C)C=C(c2ccc(-n3[nH]cc(-c4ccc(C#N)cc4)c3=O)nc2)N1. The lowest BCUT2D eigenvalue weighted by atomic mass is 9.87. The summed E-state index contributed by atoms with van der Waals surface area (Å²) in [6.45, 7) is 2.82. The minimum atomic E-state index is -0.192. The lowest BCUT2D eigenvalue weighted by molar-refractivity contribution is 0.173. The molecule has 0 aliphatic carbocycles. The number of pyridine rings is 1. The number of hydrogen-bond donors (Lipinski definition) is 2. The molecule has 1 atom stereocenters. The van der Waals surface area contributed by atoms with E-state index < -0.39 is 0 Å². The van der Waals surface area contributed by atoms with Crippen molar-refractivity contribution in [3.63, 3.8) is 0 Å². The Kier molecular flexibility index (Phi) is 4.79. The maximum Gasteiger partial charge on any atom is 0.280 e. The summed E-state index contributed by atoms with van der Waals surface area (Å²) in [7, 11) is 1.70. The molecule has 4 rings (SSSR count). The van der Waals surface area contributed by atoms with E-state index in [1.54, 1.807) is 43.8 Å². The van der Waals surface area contributed by atoms with Crippen LogP contribution < -0.4 is 10.9 Å². The molecule has 29 heavy (non-hydrogen) atoms. The standard InChI is InChI=1S/C22H21N5O2/c1-22(9-10-29-2)11-19(26-22)17-7-8-20(24-13-17)27-21(28)18(14-25-27)16-5-3-15(12-23)4-6-16/h3-8,11,13-14,25-26H,9-10H2,1-2H3. The van der Waals surface area contributed by atoms with E-state index in [9.17, 15) is 4.79 Å². The van der Waals surface area contributed by atoms with E-state index in [1.807, 2.05) is 12.1 Å². The summed E-state index contributed by atoms with van der Waals surface area (Å²) in [4.78, 5) is 17.2. The van der Waals surface area contributed by atoms with Crippen LogP contribution >= 0.6 is 0 Å². The zero-order valence-corrected chi connectivity index (χ0v) is 16.3. The van der Waals surface area contributed by atoms with Crippen LogP contribution in [0.25, 0.3) is 22.6 Å². The molecule has 1 aliphatic heterocycles. The van der Waals surface area contributed by atoms with Crippen molar-refractivity contribution in [1.82, 2.24) is 20.1 Å². The van der Waals surface area contributed by atoms with E-state index in [0.717, 1.165) is 23.2 Å². The normalized spacial score (nSPS) is 17.8. The Morgan fingerprint density at radius 2 is 1.93 bits per heavy atom. The molecule has 2 aromatic heterocycles. The van der Waals surface area contributed by atoms with Crippen LogP contribution in [0.4, 0.5) is 0 Å². The van der Waals surface area contributed by atoms with Gasteiger partial charge in [-0.1, -0.05) is 12.1 Å². The molecule has 3 aromatic rings. The number of nitrogens with one attached hydrogen (secondary N) is 2. The van der Waals surface area contributed by atoms with Crippen molar-refractivity contribution in [2.45, 2.75) is 18.9 Å². The van der Waals surface area contributed by atoms with Gasteiger partial charge in [-0.25, -0.2) is 9.67 Å². The molecule has 7 heteroatoms. The molecule has 3 heterocycles. The van der Waals surface area contributed by atoms with Gasteiger partial charge in [0.2, 0.25) is 0 Å². The summed E-state index contributed by atoms with van der Waals surface area (Å²) < 4.78 is 6.55. The van der Waals surface area contributed by atoms with Gasteiger partial charge >= 0.3 is 0 Å². The Labute approximate surface area is 168 Å². The smallest absolute Gasteiger partial charge is 0.280 e. The first kappa shape index (κ1) is 18.7. The summed E-state index contributed by atoms with van der Waals surface area (Å²) >= 11 is 0. The topological polar surface area (TPSA) is 95.7 Å². The molecule has 2 N–H and O–H groups in total. The van der Waals surface area contributed by atoms with Crippen molar-refractivity contribution in [2.75, 3.05) is 13.7 Å². The monoisotopic (exact) mass is 387 g/mol. The Bertz CT molecular complexity index is 1150. The summed E-state index contributed by atoms with van der Waals surface area (Å²) in [6, 6.07) is 12.7. The number of H-pyrrole nitrogens is 1. The third-order valence-corrected chi connectivity index (χ3v) is 5.09. The Hall–Kier alpha value is -3.63. The molecule has 0 amide bonds. The van der Waals surface area contributed by atoms with Gasteiger partial charge < -0.3 is 10.1 Å². The Morgan fingerprint density at radius 3 is 2.55 bits per heavy atom. The molecule has 0 bridgehead atoms. The first-order chi connectivity index (χ1) is 14.0. The van der Waals surface area contributed by atoms with Crippen LogP contribution in [-0.4, -0.2) is 34.0 Å². The Morgan fingerprint density at radius 1 is 1.21 bits per heavy atom. The van der Waals surface area contributed by atoms with Crippen molar-refractivity contribution < 1.29 is 4.74 Å². The second-order valence-corrected chi connectivity index (χ2v) is 7.27. The summed E-state index contributed by atoms with van der Waals surface area (Å²) in [5, 5.41) is 15.3. The molecule has 0 saturated carbocycles. The van der Waals surface area contributed by atoms with Crippen molar-refractivity contribution in [2.24, 2.45) is 0 Å². The van der Waals surface area contributed by atoms with Gasteiger partial charge in [0.25, 0.3) is 5.56 Å². The van der Waals surface area contributed by atoms with E-state index in [-0.39, 0.29) is 11.1 Å². The molecule has 1 aromatic carbocycles. The van der Waals surface area contributed by atoms with Gasteiger partial charge in [0.1, 0.15) is 0 Å². The van der Waals surface area contributed by atoms with Gasteiger partial charge in [-0.2, -0.15) is 5.26 Å². The third-order valence-electron chi connectivity index (χ3n) is 5.09. The molecular weight excluding hydrogens is 366 g/mol. The van der Waals surface area contributed by atoms with E-state index in [1.165, 1.54) is 4.68 Å². The minimum Gasteiger partial charge on any atom is -0.385 e. The van der Waals surface area contributed by atoms with Gasteiger partial charge in [0, 0.05) is 37.4 Å². The van der Waals surface area contributed by atoms with Crippen LogP contribution in [0.5, 0.6) is 0 Å². The van der Waals surface area contributed by atoms with Crippen LogP contribution in [0.2, 0.25) is 0 Å². The third kappa shape index (κ3) is 3.58. The first-order valence-electron chi connectivity index (χ1n) is 9.31. The lowest BCUT2D eigenvalue weighted by Gasteiger charge is -2.39. The van der Waals surface area contributed by atoms with E-state index in [0.29, 0.717) is 23.6 Å². The molecule has 146 valence electrons. The van der Waals surface area contributed by atoms with Crippen LogP contribution in [-0.2, 0) is 4.74 Å². The number of benzene rings is 1. The highest BCUT2D eigenvalue weighted by molar-refractivity contribution is 5.71. The van der Waals surface area contributed by atoms with Gasteiger partial charge in [-0.15, -0.1) is 0 Å². The maximum absolute atomic E-state index is 12.8. The zero-order valence-electron chi connectivity index (χ0n) is 16.3. The molecular formula is C22H21N5O2. The molecule has 1 aliphatic rings. The number of nitriles is 1. The van der Waals surface area contributed by atoms with Gasteiger partial charge in [-0.3, -0.25) is 9.89 Å². The summed E-state index contributed by atoms with van der Waals surface area (Å²) in [6.07, 6.45) is 6.47. The highest BCUT2D eigenvalue weighted by Crippen LogP contribution is 2.30. The van der Waals surface area contributed by atoms with Gasteiger partial charge in [0.15, 0.2) is 5.82 Å². The van der Waals surface area contributed by atoms with Crippen LogP contribution in [0.15, 0.2) is 59.7 Å². The molecule has 0 spiro atoms. The molecule has 1 unspecified atom stereocenters. The van der Waals surface area contributed by atoms with E-state index in [2.05, 4.69) is 34.5 Å². The second-order valence-electron chi connectivity index (χ2n) is 7.27. The fraction of sp³-hybridized carbons (Fsp3) is 0.227. The zero-order chi connectivity index (χ0) is 20.4. The first-order valence-corrected chi connectivity index (χ1v) is 9.31. The van der Waals surface area contributed by atoms with Gasteiger partial charge in [-0.05, 0) is 49.2 Å². The van der Waals surface area contributed by atoms with Crippen LogP contribution in [0, 0.1) is 11.3 Å². The average molecular weight is 387 g/mol. The van der Waals surface area contributed by atoms with E-state index >= 15 is 0 Å². The molecule has 7 nitrogen and oxygen atoms in total. The van der Waals surface area contributed by atoms with Crippen molar-refractivity contribution in [3.05, 3.63) is 76.3 Å². The number of aromatic nitrogens is 3. The maximum atomic E-state index is 12.8. The van der Waals surface area contributed by atoms with Crippen molar-refractivity contribution >= 4 is 5.70 Å². The predicted molar refractivity (Wildman–Crippen MR) is 110 cm³/mol. The average Bonchev–Trinajstić information content (AvgIpc) is 3.11. The summed E-state index contributed by atoms with van der Waals surface area (Å²) in [5.74, 6) is 0.515. The van der Waals surface area contributed by atoms with Crippen LogP contribution in [0.3, 0.4) is 0 Å². The van der Waals surface area contributed by atoms with E-state index in [4.69, 9.17) is 10.00 Å². The number of hydrogen-bond acceptors (Lipinski definition) is 5. The lowest BCUT2D eigenvalue weighted by Crippen LogP contribution is -2.48. The van der Waals surface area contributed by atoms with Crippen molar-refractivity contribution in [3.8, 4) is 23.0 Å². The number of methoxy groups -OCH3 is 1. The van der Waals surface area contributed by atoms with Gasteiger partial charge in [0.05, 0.1) is 22.7 Å². The number of rotatable bonds is 6. The fourth-order valence-electron chi connectivity index (χ4n) is 3.37. The molecule has 0 radical (unpaired) electrons. The number of aromatic amines is 1. The fourth-order valence-corrected chi connectivity index (χ4v) is 3.37. The highest BCUT2D eigenvalue weighted by atomic mass is 16.5. The number of nitrogens with zero attached hydrogens (tertiary/aromatic N) is 3. The molecule has 0 saturated heterocycles. The molecule has 0 fully saturated rings. The Balaban J connectivity index is 1.55. The number of ether oxygens (including phenoxy) is 1. The quantitative estimate of drug-likeness (QED) is 0.678. The largest absolute Gasteiger partial charge is 0.385 e. The second kappa shape index (κ2) is 7.41. The minimum absolute atomic E-state index is 0.0591.